The number of aryl methyl sites for hydroxylation is 1. The summed E-state index contributed by atoms with van der Waals surface area (Å²) < 4.78 is 1.71. The minimum Gasteiger partial charge on any atom is -0.371 e. The lowest BCUT2D eigenvalue weighted by molar-refractivity contribution is -0.136. The van der Waals surface area contributed by atoms with Crippen LogP contribution in [0.1, 0.15) is 96.2 Å². The highest BCUT2D eigenvalue weighted by atomic mass is 16.2. The summed E-state index contributed by atoms with van der Waals surface area (Å²) in [6.45, 7) is 11.2. The molecule has 4 saturated heterocycles. The number of benzene rings is 1. The van der Waals surface area contributed by atoms with E-state index in [1.807, 2.05) is 40.3 Å². The fourth-order valence-corrected chi connectivity index (χ4v) is 11.0. The van der Waals surface area contributed by atoms with Gasteiger partial charge in [0.15, 0.2) is 5.78 Å². The molecule has 4 aromatic rings. The Labute approximate surface area is 376 Å². The van der Waals surface area contributed by atoms with Gasteiger partial charge < -0.3 is 29.8 Å². The Morgan fingerprint density at radius 1 is 0.754 bits per heavy atom. The van der Waals surface area contributed by atoms with Crippen LogP contribution in [0.3, 0.4) is 0 Å². The van der Waals surface area contributed by atoms with E-state index in [1.54, 1.807) is 22.6 Å². The van der Waals surface area contributed by atoms with Gasteiger partial charge in [0.25, 0.3) is 11.5 Å². The van der Waals surface area contributed by atoms with E-state index in [2.05, 4.69) is 41.4 Å². The van der Waals surface area contributed by atoms with Gasteiger partial charge in [-0.2, -0.15) is 4.98 Å². The number of carbonyl (C=O) groups is 5. The van der Waals surface area contributed by atoms with Crippen LogP contribution >= 0.6 is 0 Å². The average Bonchev–Trinajstić information content (AvgIpc) is 3.97. The Hall–Kier alpha value is -6.43. The van der Waals surface area contributed by atoms with Crippen molar-refractivity contribution >= 4 is 63.7 Å². The van der Waals surface area contributed by atoms with Gasteiger partial charge in [0.05, 0.1) is 17.4 Å². The minimum atomic E-state index is -0.617. The van der Waals surface area contributed by atoms with E-state index >= 15 is 0 Å². The molecule has 0 radical (unpaired) electrons. The van der Waals surface area contributed by atoms with Crippen LogP contribution in [0.2, 0.25) is 0 Å². The SMILES string of the molecule is CC(=O)c1c(C)c2cnc(Nc3ccc(N4CCN(C(=O)N5CCN(C6CCN(c7ccc8c(c7)CN(C7CCC(=O)NC7=O)C8=O)CC6)CC5)CC4)cn3)nc2n(C2CCCC2)c1=O. The van der Waals surface area contributed by atoms with Gasteiger partial charge in [-0.3, -0.25) is 38.8 Å². The molecule has 1 aliphatic carbocycles. The highest BCUT2D eigenvalue weighted by Gasteiger charge is 2.40. The molecule has 10 rings (SSSR count). The maximum atomic E-state index is 13.7. The number of urea groups is 1. The fourth-order valence-electron chi connectivity index (χ4n) is 11.0. The first kappa shape index (κ1) is 42.5. The number of ketones is 1. The first-order chi connectivity index (χ1) is 31.5. The first-order valence-electron chi connectivity index (χ1n) is 23.2. The third-order valence-electron chi connectivity index (χ3n) is 14.6. The smallest absolute Gasteiger partial charge is 0.320 e. The van der Waals surface area contributed by atoms with Crippen molar-refractivity contribution in [3.05, 3.63) is 75.3 Å². The number of piperazine rings is 2. The molecule has 8 heterocycles. The first-order valence-corrected chi connectivity index (χ1v) is 23.2. The molecule has 18 nitrogen and oxygen atoms in total. The van der Waals surface area contributed by atoms with Crippen LogP contribution in [-0.4, -0.2) is 146 Å². The zero-order valence-corrected chi connectivity index (χ0v) is 37.1. The van der Waals surface area contributed by atoms with E-state index in [9.17, 15) is 28.8 Å². The molecule has 65 heavy (non-hydrogen) atoms. The van der Waals surface area contributed by atoms with Gasteiger partial charge in [0, 0.05) is 113 Å². The molecule has 0 spiro atoms. The quantitative estimate of drug-likeness (QED) is 0.192. The number of aromatic nitrogens is 4. The molecule has 1 saturated carbocycles. The lowest BCUT2D eigenvalue weighted by atomic mass is 10.0. The molecule has 18 heteroatoms. The molecular weight excluding hydrogens is 829 g/mol. The monoisotopic (exact) mass is 884 g/mol. The number of hydrogen-bond acceptors (Lipinski definition) is 13. The highest BCUT2D eigenvalue weighted by Crippen LogP contribution is 2.34. The predicted octanol–water partition coefficient (Wildman–Crippen LogP) is 3.85. The predicted molar refractivity (Wildman–Crippen MR) is 244 cm³/mol. The number of carbonyl (C=O) groups excluding carboxylic acids is 5. The second-order valence-corrected chi connectivity index (χ2v) is 18.4. The number of nitrogens with zero attached hydrogens (tertiary/aromatic N) is 10. The molecule has 5 fully saturated rings. The van der Waals surface area contributed by atoms with Crippen molar-refractivity contribution < 1.29 is 24.0 Å². The molecule has 2 N–H and O–H groups in total. The zero-order valence-electron chi connectivity index (χ0n) is 37.1. The Morgan fingerprint density at radius 2 is 1.45 bits per heavy atom. The standard InChI is InChI=1S/C47H56N12O6/c1-29-37-27-49-46(52-42(37)59(33-5-3-4-6-33)45(64)41(29)30(2)60)50-39-11-8-35(26-48-39)55-19-23-57(24-20-55)47(65)56-21-17-54(18-22-56)32-13-15-53(16-14-32)34-7-9-36-31(25-34)28-58(44(36)63)38-10-12-40(61)51-43(38)62/h7-9,11,25-27,32-33,38H,3-6,10,12-24,28H2,1-2H3,(H,51,61,62)(H,48,49,50,52). The van der Waals surface area contributed by atoms with Crippen LogP contribution < -0.4 is 26.0 Å². The number of nitrogens with one attached hydrogen (secondary N) is 2. The number of pyridine rings is 2. The van der Waals surface area contributed by atoms with Crippen LogP contribution in [-0.2, 0) is 16.1 Å². The summed E-state index contributed by atoms with van der Waals surface area (Å²) in [5, 5.41) is 6.28. The normalized spacial score (nSPS) is 21.4. The van der Waals surface area contributed by atoms with E-state index in [-0.39, 0.29) is 47.2 Å². The van der Waals surface area contributed by atoms with Crippen molar-refractivity contribution in [1.82, 2.24) is 44.4 Å². The van der Waals surface area contributed by atoms with E-state index in [1.165, 1.54) is 6.92 Å². The van der Waals surface area contributed by atoms with Crippen LogP contribution in [0.5, 0.6) is 0 Å². The number of rotatable bonds is 8. The number of piperidine rings is 2. The highest BCUT2D eigenvalue weighted by molar-refractivity contribution is 6.05. The molecule has 340 valence electrons. The van der Waals surface area contributed by atoms with Crippen molar-refractivity contribution in [1.29, 1.82) is 0 Å². The molecular formula is C47H56N12O6. The third kappa shape index (κ3) is 8.16. The maximum absolute atomic E-state index is 13.7. The zero-order chi connectivity index (χ0) is 44.9. The Kier molecular flexibility index (Phi) is 11.5. The van der Waals surface area contributed by atoms with Crippen molar-refractivity contribution in [3.63, 3.8) is 0 Å². The summed E-state index contributed by atoms with van der Waals surface area (Å²) in [5.41, 5.74) is 4.66. The third-order valence-corrected chi connectivity index (χ3v) is 14.6. The van der Waals surface area contributed by atoms with Crippen LogP contribution in [0, 0.1) is 6.92 Å². The van der Waals surface area contributed by atoms with E-state index in [0.717, 1.165) is 81.6 Å². The Morgan fingerprint density at radius 3 is 2.12 bits per heavy atom. The fraction of sp³-hybridized carbons (Fsp3) is 0.511. The van der Waals surface area contributed by atoms with Crippen LogP contribution in [0.15, 0.2) is 47.5 Å². The van der Waals surface area contributed by atoms with Crippen molar-refractivity contribution in [2.75, 3.05) is 80.6 Å². The maximum Gasteiger partial charge on any atom is 0.320 e. The Bertz CT molecular complexity index is 2600. The van der Waals surface area contributed by atoms with E-state index in [4.69, 9.17) is 4.98 Å². The molecule has 5 amide bonds. The second-order valence-electron chi connectivity index (χ2n) is 18.4. The summed E-state index contributed by atoms with van der Waals surface area (Å²) in [7, 11) is 0. The summed E-state index contributed by atoms with van der Waals surface area (Å²) >= 11 is 0. The summed E-state index contributed by atoms with van der Waals surface area (Å²) in [5.74, 6) is -0.192. The molecule has 6 aliphatic rings. The number of Topliss-reactive ketones (excluding diaryl/α,β-unsaturated/α-hetero) is 1. The summed E-state index contributed by atoms with van der Waals surface area (Å²) in [4.78, 5) is 104. The molecule has 0 bridgehead atoms. The van der Waals surface area contributed by atoms with Gasteiger partial charge in [-0.15, -0.1) is 0 Å². The molecule has 5 aliphatic heterocycles. The number of fused-ring (bicyclic) bond motifs is 2. The van der Waals surface area contributed by atoms with Crippen molar-refractivity contribution in [2.45, 2.75) is 89.9 Å². The molecule has 3 aromatic heterocycles. The second kappa shape index (κ2) is 17.5. The lowest BCUT2D eigenvalue weighted by Gasteiger charge is -2.45. The minimum absolute atomic E-state index is 0.00306. The number of imide groups is 1. The molecule has 1 aromatic carbocycles. The molecule has 1 atom stereocenters. The summed E-state index contributed by atoms with van der Waals surface area (Å²) in [6.07, 6.45) is 9.94. The van der Waals surface area contributed by atoms with E-state index < -0.39 is 11.9 Å². The molecule has 1 unspecified atom stereocenters. The van der Waals surface area contributed by atoms with Gasteiger partial charge in [0.1, 0.15) is 17.5 Å². The number of amides is 5. The van der Waals surface area contributed by atoms with Gasteiger partial charge in [-0.1, -0.05) is 12.8 Å². The van der Waals surface area contributed by atoms with Gasteiger partial charge in [0.2, 0.25) is 17.8 Å². The van der Waals surface area contributed by atoms with Gasteiger partial charge in [-0.25, -0.2) is 14.8 Å². The Balaban J connectivity index is 0.685. The topological polar surface area (TPSA) is 190 Å². The largest absolute Gasteiger partial charge is 0.371 e. The number of anilines is 4. The lowest BCUT2D eigenvalue weighted by Crippen LogP contribution is -2.58. The average molecular weight is 885 g/mol. The van der Waals surface area contributed by atoms with Crippen LogP contribution in [0.25, 0.3) is 11.0 Å². The number of hydrogen-bond donors (Lipinski definition) is 2. The van der Waals surface area contributed by atoms with Crippen molar-refractivity contribution in [2.24, 2.45) is 0 Å². The van der Waals surface area contributed by atoms with E-state index in [0.29, 0.717) is 92.2 Å². The van der Waals surface area contributed by atoms with Gasteiger partial charge >= 0.3 is 6.03 Å². The van der Waals surface area contributed by atoms with Crippen LogP contribution in [0.4, 0.5) is 27.9 Å². The van der Waals surface area contributed by atoms with Gasteiger partial charge in [-0.05, 0) is 87.4 Å². The van der Waals surface area contributed by atoms with Crippen molar-refractivity contribution in [3.8, 4) is 0 Å². The summed E-state index contributed by atoms with van der Waals surface area (Å²) in [6, 6.07) is 9.79.